The van der Waals surface area contributed by atoms with Gasteiger partial charge in [-0.15, -0.1) is 0 Å². The van der Waals surface area contributed by atoms with Crippen molar-refractivity contribution in [2.75, 3.05) is 13.2 Å². The zero-order valence-electron chi connectivity index (χ0n) is 9.37. The maximum absolute atomic E-state index is 10.6. The van der Waals surface area contributed by atoms with Crippen molar-refractivity contribution in [1.82, 2.24) is 0 Å². The second kappa shape index (κ2) is 6.34. The van der Waals surface area contributed by atoms with Crippen molar-refractivity contribution in [3.63, 3.8) is 0 Å². The lowest BCUT2D eigenvalue weighted by atomic mass is 10.2. The molecule has 1 aromatic carbocycles. The highest BCUT2D eigenvalue weighted by Gasteiger charge is 2.09. The fourth-order valence-electron chi connectivity index (χ4n) is 1.22. The molecule has 0 aliphatic carbocycles. The molecule has 0 atom stereocenters. The van der Waals surface area contributed by atoms with Gasteiger partial charge < -0.3 is 4.74 Å². The van der Waals surface area contributed by atoms with Crippen LogP contribution in [0.3, 0.4) is 0 Å². The predicted octanol–water partition coefficient (Wildman–Crippen LogP) is 2.98. The number of rotatable bonds is 6. The van der Waals surface area contributed by atoms with Crippen molar-refractivity contribution in [3.05, 3.63) is 44.3 Å². The molecule has 0 aliphatic rings. The smallest absolute Gasteiger partial charge is 0.273 e. The molecule has 0 radical (unpaired) electrons. The van der Waals surface area contributed by atoms with Crippen LogP contribution in [0.1, 0.15) is 12.0 Å². The number of nitrogens with zero attached hydrogens (tertiary/aromatic N) is 4. The minimum absolute atomic E-state index is 0.000598. The number of azide groups is 1. The van der Waals surface area contributed by atoms with E-state index >= 15 is 0 Å². The zero-order valence-corrected chi connectivity index (χ0v) is 9.37. The van der Waals surface area contributed by atoms with Crippen LogP contribution in [0.4, 0.5) is 5.69 Å². The summed E-state index contributed by atoms with van der Waals surface area (Å²) in [6.07, 6.45) is 0.576. The number of nitro groups is 1. The number of aryl methyl sites for hydroxylation is 1. The summed E-state index contributed by atoms with van der Waals surface area (Å²) in [6, 6.07) is 4.46. The summed E-state index contributed by atoms with van der Waals surface area (Å²) in [6.45, 7) is 2.53. The van der Waals surface area contributed by atoms with E-state index in [2.05, 4.69) is 10.0 Å². The lowest BCUT2D eigenvalue weighted by Gasteiger charge is -2.07. The van der Waals surface area contributed by atoms with Crippen molar-refractivity contribution in [2.45, 2.75) is 13.3 Å². The Balaban J connectivity index is 2.60. The third-order valence-corrected chi connectivity index (χ3v) is 2.11. The SMILES string of the molecule is Cc1ccc([N+](=O)[O-])cc1OCCCN=[N+]=[N-]. The number of hydrogen-bond donors (Lipinski definition) is 0. The summed E-state index contributed by atoms with van der Waals surface area (Å²) in [5, 5.41) is 13.9. The molecule has 90 valence electrons. The molecule has 7 nitrogen and oxygen atoms in total. The Morgan fingerprint density at radius 1 is 1.59 bits per heavy atom. The molecule has 0 saturated carbocycles. The number of ether oxygens (including phenoxy) is 1. The summed E-state index contributed by atoms with van der Waals surface area (Å²) < 4.78 is 5.39. The largest absolute Gasteiger partial charge is 0.493 e. The standard InChI is InChI=1S/C10H12N4O3/c1-8-3-4-9(14(15)16)7-10(8)17-6-2-5-12-13-11/h3-4,7H,2,5-6H2,1H3. The lowest BCUT2D eigenvalue weighted by molar-refractivity contribution is -0.384. The van der Waals surface area contributed by atoms with E-state index in [1.54, 1.807) is 6.07 Å². The molecule has 0 bridgehead atoms. The van der Waals surface area contributed by atoms with E-state index in [0.29, 0.717) is 25.3 Å². The van der Waals surface area contributed by atoms with Gasteiger partial charge in [-0.25, -0.2) is 0 Å². The summed E-state index contributed by atoms with van der Waals surface area (Å²) in [4.78, 5) is 12.7. The maximum Gasteiger partial charge on any atom is 0.273 e. The topological polar surface area (TPSA) is 101 Å². The molecule has 0 amide bonds. The molecule has 0 heterocycles. The van der Waals surface area contributed by atoms with Crippen molar-refractivity contribution in [1.29, 1.82) is 0 Å². The molecule has 0 aliphatic heterocycles. The van der Waals surface area contributed by atoms with Crippen molar-refractivity contribution in [3.8, 4) is 5.75 Å². The van der Waals surface area contributed by atoms with Crippen molar-refractivity contribution >= 4 is 5.69 Å². The average molecular weight is 236 g/mol. The molecule has 0 spiro atoms. The van der Waals surface area contributed by atoms with Crippen LogP contribution in [-0.4, -0.2) is 18.1 Å². The van der Waals surface area contributed by atoms with Crippen LogP contribution in [0.25, 0.3) is 10.4 Å². The molecule has 1 aromatic rings. The van der Waals surface area contributed by atoms with Crippen LogP contribution in [0, 0.1) is 17.0 Å². The first kappa shape index (κ1) is 12.8. The van der Waals surface area contributed by atoms with Crippen molar-refractivity contribution in [2.24, 2.45) is 5.11 Å². The van der Waals surface area contributed by atoms with E-state index in [-0.39, 0.29) is 5.69 Å². The fourth-order valence-corrected chi connectivity index (χ4v) is 1.22. The molecule has 0 unspecified atom stereocenters. The van der Waals surface area contributed by atoms with Gasteiger partial charge in [0.15, 0.2) is 0 Å². The normalized spacial score (nSPS) is 9.47. The Bertz CT molecular complexity index is 455. The number of benzene rings is 1. The highest BCUT2D eigenvalue weighted by molar-refractivity contribution is 5.43. The van der Waals surface area contributed by atoms with Gasteiger partial charge in [0.25, 0.3) is 5.69 Å². The highest BCUT2D eigenvalue weighted by Crippen LogP contribution is 2.23. The summed E-state index contributed by atoms with van der Waals surface area (Å²) in [7, 11) is 0. The van der Waals surface area contributed by atoms with Gasteiger partial charge in [-0.05, 0) is 30.5 Å². The van der Waals surface area contributed by atoms with Gasteiger partial charge in [-0.2, -0.15) is 0 Å². The molecule has 1 rings (SSSR count). The van der Waals surface area contributed by atoms with Gasteiger partial charge in [-0.3, -0.25) is 10.1 Å². The Morgan fingerprint density at radius 2 is 2.35 bits per heavy atom. The van der Waals surface area contributed by atoms with Gasteiger partial charge in [0.05, 0.1) is 17.6 Å². The quantitative estimate of drug-likeness (QED) is 0.189. The first-order valence-electron chi connectivity index (χ1n) is 5.04. The minimum Gasteiger partial charge on any atom is -0.493 e. The third-order valence-electron chi connectivity index (χ3n) is 2.11. The van der Waals surface area contributed by atoms with Crippen LogP contribution in [0.5, 0.6) is 5.75 Å². The first-order chi connectivity index (χ1) is 8.15. The summed E-state index contributed by atoms with van der Waals surface area (Å²) in [5.74, 6) is 0.486. The van der Waals surface area contributed by atoms with E-state index in [0.717, 1.165) is 5.56 Å². The molecule has 7 heteroatoms. The summed E-state index contributed by atoms with van der Waals surface area (Å²) in [5.41, 5.74) is 8.90. The van der Waals surface area contributed by atoms with E-state index < -0.39 is 4.92 Å². The van der Waals surface area contributed by atoms with Gasteiger partial charge in [0.1, 0.15) is 5.75 Å². The first-order valence-corrected chi connectivity index (χ1v) is 5.04. The van der Waals surface area contributed by atoms with Gasteiger partial charge in [0.2, 0.25) is 0 Å². The fraction of sp³-hybridized carbons (Fsp3) is 0.400. The molecule has 17 heavy (non-hydrogen) atoms. The molecular weight excluding hydrogens is 224 g/mol. The van der Waals surface area contributed by atoms with E-state index in [4.69, 9.17) is 10.3 Å². The van der Waals surface area contributed by atoms with Crippen LogP contribution >= 0.6 is 0 Å². The predicted molar refractivity (Wildman–Crippen MR) is 62.0 cm³/mol. The second-order valence-electron chi connectivity index (χ2n) is 3.36. The van der Waals surface area contributed by atoms with Crippen LogP contribution in [0.15, 0.2) is 23.3 Å². The van der Waals surface area contributed by atoms with Gasteiger partial charge in [-0.1, -0.05) is 5.11 Å². The number of nitro benzene ring substituents is 1. The maximum atomic E-state index is 10.6. The number of hydrogen-bond acceptors (Lipinski definition) is 4. The third kappa shape index (κ3) is 4.00. The Labute approximate surface area is 97.8 Å². The van der Waals surface area contributed by atoms with E-state index in [1.807, 2.05) is 6.92 Å². The van der Waals surface area contributed by atoms with Crippen LogP contribution < -0.4 is 4.74 Å². The Morgan fingerprint density at radius 3 is 3.00 bits per heavy atom. The zero-order chi connectivity index (χ0) is 12.7. The molecule has 0 saturated heterocycles. The van der Waals surface area contributed by atoms with Crippen LogP contribution in [0.2, 0.25) is 0 Å². The van der Waals surface area contributed by atoms with Gasteiger partial charge in [0, 0.05) is 17.5 Å². The molecule has 0 N–H and O–H groups in total. The average Bonchev–Trinajstić information content (AvgIpc) is 2.30. The van der Waals surface area contributed by atoms with Gasteiger partial charge >= 0.3 is 0 Å². The molecule has 0 aromatic heterocycles. The second-order valence-corrected chi connectivity index (χ2v) is 3.36. The number of non-ortho nitro benzene ring substituents is 1. The van der Waals surface area contributed by atoms with Crippen LogP contribution in [-0.2, 0) is 0 Å². The highest BCUT2D eigenvalue weighted by atomic mass is 16.6. The molecular formula is C10H12N4O3. The minimum atomic E-state index is -0.466. The lowest BCUT2D eigenvalue weighted by Crippen LogP contribution is -2.01. The summed E-state index contributed by atoms with van der Waals surface area (Å²) >= 11 is 0. The Hall–Kier alpha value is -2.27. The van der Waals surface area contributed by atoms with E-state index in [1.165, 1.54) is 12.1 Å². The molecule has 0 fully saturated rings. The van der Waals surface area contributed by atoms with Crippen molar-refractivity contribution < 1.29 is 9.66 Å². The Kier molecular flexibility index (Phi) is 4.77. The monoisotopic (exact) mass is 236 g/mol. The van der Waals surface area contributed by atoms with E-state index in [9.17, 15) is 10.1 Å².